The Kier molecular flexibility index (Phi) is 10.7. The van der Waals surface area contributed by atoms with Gasteiger partial charge in [-0.25, -0.2) is 0 Å². The summed E-state index contributed by atoms with van der Waals surface area (Å²) in [7, 11) is 1.57. The Labute approximate surface area is 166 Å². The van der Waals surface area contributed by atoms with E-state index in [1.54, 1.807) is 27.9 Å². The number of aliphatic carboxylic acids is 1. The first-order valence-corrected chi connectivity index (χ1v) is 8.21. The van der Waals surface area contributed by atoms with E-state index in [4.69, 9.17) is 14.2 Å². The van der Waals surface area contributed by atoms with E-state index < -0.39 is 28.9 Å². The van der Waals surface area contributed by atoms with Crippen LogP contribution in [0.15, 0.2) is 0 Å². The van der Waals surface area contributed by atoms with Crippen molar-refractivity contribution in [1.82, 2.24) is 0 Å². The molecule has 6 nitrogen and oxygen atoms in total. The molecule has 0 N–H and O–H groups in total. The molecule has 24 heavy (non-hydrogen) atoms. The van der Waals surface area contributed by atoms with Crippen LogP contribution in [-0.2, 0) is 23.8 Å². The SMILES string of the molecule is COCCOCC(CC1(C(=O)[O-])CCCC1)C(=O)OC(C)(C)C.[Na+]. The Morgan fingerprint density at radius 2 is 1.75 bits per heavy atom. The molecule has 1 aliphatic rings. The molecule has 1 atom stereocenters. The van der Waals surface area contributed by atoms with Crippen LogP contribution >= 0.6 is 0 Å². The second-order valence-corrected chi connectivity index (χ2v) is 7.28. The average molecular weight is 352 g/mol. The molecule has 0 amide bonds. The third-order valence-corrected chi connectivity index (χ3v) is 4.12. The third-order valence-electron chi connectivity index (χ3n) is 4.12. The van der Waals surface area contributed by atoms with Crippen molar-refractivity contribution in [2.45, 2.75) is 58.5 Å². The topological polar surface area (TPSA) is 84.9 Å². The summed E-state index contributed by atoms with van der Waals surface area (Å²) >= 11 is 0. The van der Waals surface area contributed by atoms with Crippen LogP contribution in [-0.4, -0.2) is 44.5 Å². The van der Waals surface area contributed by atoms with Gasteiger partial charge in [-0.2, -0.15) is 0 Å². The number of hydrogen-bond donors (Lipinski definition) is 0. The molecule has 7 heteroatoms. The molecule has 134 valence electrons. The molecular weight excluding hydrogens is 323 g/mol. The monoisotopic (exact) mass is 352 g/mol. The number of hydrogen-bond acceptors (Lipinski definition) is 6. The first-order chi connectivity index (χ1) is 10.7. The Bertz CT molecular complexity index is 398. The molecule has 0 bridgehead atoms. The summed E-state index contributed by atoms with van der Waals surface area (Å²) in [6, 6.07) is 0. The van der Waals surface area contributed by atoms with Crippen LogP contribution in [0, 0.1) is 11.3 Å². The van der Waals surface area contributed by atoms with Crippen molar-refractivity contribution in [3.05, 3.63) is 0 Å². The van der Waals surface area contributed by atoms with Gasteiger partial charge in [-0.3, -0.25) is 4.79 Å². The molecule has 1 rings (SSSR count). The number of methoxy groups -OCH3 is 1. The zero-order chi connectivity index (χ0) is 17.5. The van der Waals surface area contributed by atoms with Crippen LogP contribution in [0.4, 0.5) is 0 Å². The Morgan fingerprint density at radius 3 is 2.21 bits per heavy atom. The molecule has 0 aromatic carbocycles. The van der Waals surface area contributed by atoms with Gasteiger partial charge in [0, 0.05) is 18.5 Å². The van der Waals surface area contributed by atoms with E-state index in [-0.39, 0.29) is 42.6 Å². The maximum atomic E-state index is 12.4. The summed E-state index contributed by atoms with van der Waals surface area (Å²) in [6.45, 7) is 6.28. The largest absolute Gasteiger partial charge is 1.00 e. The minimum atomic E-state index is -1.07. The average Bonchev–Trinajstić information content (AvgIpc) is 2.90. The van der Waals surface area contributed by atoms with E-state index in [1.807, 2.05) is 0 Å². The van der Waals surface area contributed by atoms with E-state index in [0.717, 1.165) is 12.8 Å². The maximum Gasteiger partial charge on any atom is 1.00 e. The van der Waals surface area contributed by atoms with Crippen LogP contribution in [0.2, 0.25) is 0 Å². The van der Waals surface area contributed by atoms with Crippen molar-refractivity contribution in [3.8, 4) is 0 Å². The molecule has 1 fully saturated rings. The van der Waals surface area contributed by atoms with E-state index in [0.29, 0.717) is 26.1 Å². The van der Waals surface area contributed by atoms with Gasteiger partial charge in [-0.15, -0.1) is 0 Å². The van der Waals surface area contributed by atoms with Gasteiger partial charge in [-0.1, -0.05) is 12.8 Å². The molecule has 1 saturated carbocycles. The molecule has 1 aliphatic carbocycles. The van der Waals surface area contributed by atoms with Crippen LogP contribution in [0.3, 0.4) is 0 Å². The van der Waals surface area contributed by atoms with Crippen LogP contribution in [0.5, 0.6) is 0 Å². The molecule has 0 radical (unpaired) electrons. The van der Waals surface area contributed by atoms with Crippen molar-refractivity contribution >= 4 is 11.9 Å². The van der Waals surface area contributed by atoms with Crippen molar-refractivity contribution < 1.29 is 58.5 Å². The molecule has 0 heterocycles. The summed E-state index contributed by atoms with van der Waals surface area (Å²) in [5.41, 5.74) is -1.56. The smallest absolute Gasteiger partial charge is 0.550 e. The molecule has 0 aliphatic heterocycles. The number of carbonyl (C=O) groups excluding carboxylic acids is 2. The number of carbonyl (C=O) groups is 2. The number of ether oxygens (including phenoxy) is 3. The molecular formula is C17H29NaO6. The van der Waals surface area contributed by atoms with Crippen molar-refractivity contribution in [2.75, 3.05) is 26.9 Å². The fourth-order valence-corrected chi connectivity index (χ4v) is 2.98. The first kappa shape index (κ1) is 23.9. The molecule has 0 aromatic rings. The number of rotatable bonds is 9. The summed E-state index contributed by atoms with van der Waals surface area (Å²) in [5.74, 6) is -2.09. The molecule has 0 spiro atoms. The van der Waals surface area contributed by atoms with Gasteiger partial charge in [0.2, 0.25) is 0 Å². The maximum absolute atomic E-state index is 12.4. The minimum Gasteiger partial charge on any atom is -0.550 e. The second kappa shape index (κ2) is 10.8. The predicted octanol–water partition coefficient (Wildman–Crippen LogP) is -1.69. The zero-order valence-electron chi connectivity index (χ0n) is 15.7. The van der Waals surface area contributed by atoms with Crippen LogP contribution in [0.1, 0.15) is 52.9 Å². The number of carboxylic acids is 1. The van der Waals surface area contributed by atoms with Gasteiger partial charge in [0.05, 0.1) is 25.7 Å². The quantitative estimate of drug-likeness (QED) is 0.280. The molecule has 0 saturated heterocycles. The third kappa shape index (κ3) is 7.83. The van der Waals surface area contributed by atoms with E-state index >= 15 is 0 Å². The van der Waals surface area contributed by atoms with Crippen LogP contribution < -0.4 is 34.7 Å². The van der Waals surface area contributed by atoms with Crippen molar-refractivity contribution in [2.24, 2.45) is 11.3 Å². The van der Waals surface area contributed by atoms with E-state index in [9.17, 15) is 14.7 Å². The van der Waals surface area contributed by atoms with Gasteiger partial charge < -0.3 is 24.1 Å². The minimum absolute atomic E-state index is 0. The Hall–Kier alpha value is -0.140. The van der Waals surface area contributed by atoms with Gasteiger partial charge in [0.15, 0.2) is 0 Å². The number of carboxylic acid groups (broad SMARTS) is 1. The van der Waals surface area contributed by atoms with Gasteiger partial charge >= 0.3 is 35.5 Å². The van der Waals surface area contributed by atoms with Crippen molar-refractivity contribution in [3.63, 3.8) is 0 Å². The Morgan fingerprint density at radius 1 is 1.17 bits per heavy atom. The number of esters is 1. The summed E-state index contributed by atoms with van der Waals surface area (Å²) in [4.78, 5) is 24.0. The predicted molar refractivity (Wildman–Crippen MR) is 82.6 cm³/mol. The van der Waals surface area contributed by atoms with Crippen molar-refractivity contribution in [1.29, 1.82) is 0 Å². The molecule has 0 aromatic heterocycles. The van der Waals surface area contributed by atoms with Gasteiger partial charge in [-0.05, 0) is 40.0 Å². The summed E-state index contributed by atoms with van der Waals surface area (Å²) in [5, 5.41) is 11.6. The second-order valence-electron chi connectivity index (χ2n) is 7.28. The molecule has 1 unspecified atom stereocenters. The first-order valence-electron chi connectivity index (χ1n) is 8.21. The standard InChI is InChI=1S/C17H30O6.Na/c1-16(2,3)23-14(18)13(12-22-10-9-21-4)11-17(15(19)20)7-5-6-8-17;/h13H,5-12H2,1-4H3,(H,19,20);/q;+1/p-1. The summed E-state index contributed by atoms with van der Waals surface area (Å²) < 4.78 is 15.8. The van der Waals surface area contributed by atoms with Gasteiger partial charge in [0.25, 0.3) is 0 Å². The van der Waals surface area contributed by atoms with Gasteiger partial charge in [0.1, 0.15) is 5.60 Å². The van der Waals surface area contributed by atoms with E-state index in [1.165, 1.54) is 0 Å². The normalized spacial score (nSPS) is 17.8. The fraction of sp³-hybridized carbons (Fsp3) is 0.882. The Balaban J connectivity index is 0.00000529. The fourth-order valence-electron chi connectivity index (χ4n) is 2.98. The zero-order valence-corrected chi connectivity index (χ0v) is 17.7. The summed E-state index contributed by atoms with van der Waals surface area (Å²) in [6.07, 6.45) is 3.00. The van der Waals surface area contributed by atoms with Crippen LogP contribution in [0.25, 0.3) is 0 Å². The van der Waals surface area contributed by atoms with E-state index in [2.05, 4.69) is 0 Å².